The van der Waals surface area contributed by atoms with Crippen LogP contribution in [-0.2, 0) is 20.9 Å². The van der Waals surface area contributed by atoms with Crippen molar-refractivity contribution in [3.63, 3.8) is 0 Å². The molecule has 17 heteroatoms. The molecule has 6 heterocycles. The number of halogens is 1. The first-order valence-electron chi connectivity index (χ1n) is 21.7. The van der Waals surface area contributed by atoms with Crippen LogP contribution >= 0.6 is 11.6 Å². The van der Waals surface area contributed by atoms with Crippen molar-refractivity contribution in [3.8, 4) is 5.75 Å². The van der Waals surface area contributed by atoms with Crippen molar-refractivity contribution in [1.29, 1.82) is 0 Å². The third-order valence-corrected chi connectivity index (χ3v) is 13.7. The first kappa shape index (κ1) is 41.6. The summed E-state index contributed by atoms with van der Waals surface area (Å²) in [5.41, 5.74) is 4.22. The number of piperidine rings is 1. The van der Waals surface area contributed by atoms with Crippen LogP contribution in [0.25, 0.3) is 10.9 Å². The third-order valence-electron chi connectivity index (χ3n) is 13.4. The molecule has 62 heavy (non-hydrogen) atoms. The highest BCUT2D eigenvalue weighted by Crippen LogP contribution is 2.49. The molecule has 0 radical (unpaired) electrons. The molecule has 2 aromatic heterocycles. The van der Waals surface area contributed by atoms with Crippen molar-refractivity contribution < 1.29 is 23.9 Å². The number of hydrogen-bond acceptors (Lipinski definition) is 12. The fourth-order valence-corrected chi connectivity index (χ4v) is 10.2. The summed E-state index contributed by atoms with van der Waals surface area (Å²) in [4.78, 5) is 81.1. The number of piperazine rings is 1. The van der Waals surface area contributed by atoms with Crippen molar-refractivity contribution in [2.75, 3.05) is 74.6 Å². The van der Waals surface area contributed by atoms with Crippen LogP contribution in [0, 0.1) is 11.3 Å². The van der Waals surface area contributed by atoms with Crippen molar-refractivity contribution in [1.82, 2.24) is 35.0 Å². The SMILES string of the molecule is CNC(=O)COc1cc2cc(Nc3nc(N4CCN(CC5CCC6(CC5)CN(c5cccc7c5CN(C5CCC(=O)NC5=O)C7=O)C6)CC4)ncc3Cl)ccc2n(C(C)C)c1=O. The smallest absolute Gasteiger partial charge is 0.293 e. The van der Waals surface area contributed by atoms with E-state index in [4.69, 9.17) is 21.3 Å². The highest BCUT2D eigenvalue weighted by atomic mass is 35.5. The van der Waals surface area contributed by atoms with Crippen LogP contribution in [0.2, 0.25) is 5.02 Å². The Bertz CT molecular complexity index is 2490. The number of hydrogen-bond donors (Lipinski definition) is 3. The number of rotatable bonds is 11. The lowest BCUT2D eigenvalue weighted by Gasteiger charge is -2.55. The molecule has 5 aliphatic rings. The van der Waals surface area contributed by atoms with Gasteiger partial charge in [-0.3, -0.25) is 34.2 Å². The Kier molecular flexibility index (Phi) is 11.3. The van der Waals surface area contributed by atoms with Gasteiger partial charge >= 0.3 is 0 Å². The molecular formula is C45H53ClN10O6. The van der Waals surface area contributed by atoms with Gasteiger partial charge in [0.25, 0.3) is 17.4 Å². The largest absolute Gasteiger partial charge is 0.478 e. The van der Waals surface area contributed by atoms with E-state index < -0.39 is 6.04 Å². The number of aromatic nitrogens is 3. The Morgan fingerprint density at radius 3 is 2.50 bits per heavy atom. The fourth-order valence-electron chi connectivity index (χ4n) is 10.0. The molecule has 2 aromatic carbocycles. The maximum Gasteiger partial charge on any atom is 0.293 e. The second-order valence-corrected chi connectivity index (χ2v) is 18.2. The van der Waals surface area contributed by atoms with Gasteiger partial charge in [0.2, 0.25) is 17.8 Å². The van der Waals surface area contributed by atoms with E-state index in [9.17, 15) is 24.0 Å². The van der Waals surface area contributed by atoms with Crippen molar-refractivity contribution >= 4 is 69.3 Å². The monoisotopic (exact) mass is 864 g/mol. The maximum absolute atomic E-state index is 13.4. The van der Waals surface area contributed by atoms with Gasteiger partial charge in [0.15, 0.2) is 18.2 Å². The van der Waals surface area contributed by atoms with Crippen molar-refractivity contribution in [2.45, 2.75) is 71.0 Å². The number of pyridine rings is 1. The lowest BCUT2D eigenvalue weighted by Crippen LogP contribution is -2.58. The maximum atomic E-state index is 13.4. The number of fused-ring (bicyclic) bond motifs is 2. The number of amides is 4. The molecule has 16 nitrogen and oxygen atoms in total. The average Bonchev–Trinajstić information content (AvgIpc) is 3.59. The number of ether oxygens (including phenoxy) is 1. The van der Waals surface area contributed by atoms with Crippen LogP contribution in [-0.4, -0.2) is 113 Å². The van der Waals surface area contributed by atoms with E-state index in [1.54, 1.807) is 21.7 Å². The van der Waals surface area contributed by atoms with Crippen LogP contribution in [0.5, 0.6) is 5.75 Å². The van der Waals surface area contributed by atoms with Crippen LogP contribution in [0.1, 0.15) is 74.3 Å². The molecule has 326 valence electrons. The summed E-state index contributed by atoms with van der Waals surface area (Å²) in [5, 5.41) is 9.41. The Balaban J connectivity index is 0.771. The van der Waals surface area contributed by atoms with Gasteiger partial charge in [-0.05, 0) is 88.3 Å². The summed E-state index contributed by atoms with van der Waals surface area (Å²) in [7, 11) is 1.52. The van der Waals surface area contributed by atoms with Gasteiger partial charge in [0, 0.05) is 105 Å². The molecule has 4 fully saturated rings. The van der Waals surface area contributed by atoms with Crippen LogP contribution in [0.3, 0.4) is 0 Å². The molecule has 4 amide bonds. The van der Waals surface area contributed by atoms with Crippen molar-refractivity contribution in [2.24, 2.45) is 11.3 Å². The second kappa shape index (κ2) is 16.9. The lowest BCUT2D eigenvalue weighted by atomic mass is 9.65. The summed E-state index contributed by atoms with van der Waals surface area (Å²) in [6.45, 7) is 10.5. The molecule has 1 unspecified atom stereocenters. The molecular weight excluding hydrogens is 812 g/mol. The van der Waals surface area contributed by atoms with Gasteiger partial charge < -0.3 is 34.6 Å². The molecule has 4 aliphatic heterocycles. The summed E-state index contributed by atoms with van der Waals surface area (Å²) in [6, 6.07) is 12.5. The molecule has 1 aliphatic carbocycles. The van der Waals surface area contributed by atoms with Gasteiger partial charge in [-0.25, -0.2) is 4.98 Å². The zero-order chi connectivity index (χ0) is 43.3. The van der Waals surface area contributed by atoms with Gasteiger partial charge in [-0.15, -0.1) is 0 Å². The van der Waals surface area contributed by atoms with E-state index >= 15 is 0 Å². The standard InChI is InChI=1S/C45H53ClN10O6/c1-27(2)56-34-8-7-30(19-29(34)20-37(43(56)61)62-24-39(58)47-3)49-40-33(46)21-48-44(51-40)53-17-15-52(16-18-53)22-28-11-13-45(14-12-28)25-54(26-45)35-6-4-5-31-32(35)23-55(42(31)60)36-9-10-38(57)50-41(36)59/h4-8,19-21,27-28,36H,9-18,22-26H2,1-3H3,(H,47,58)(H,48,49,51)(H,50,57,59). The summed E-state index contributed by atoms with van der Waals surface area (Å²) in [6.07, 6.45) is 7.03. The molecule has 4 aromatic rings. The van der Waals surface area contributed by atoms with Gasteiger partial charge in [0.1, 0.15) is 11.1 Å². The van der Waals surface area contributed by atoms with Crippen LogP contribution in [0.4, 0.5) is 23.1 Å². The van der Waals surface area contributed by atoms with E-state index in [1.807, 2.05) is 44.2 Å². The van der Waals surface area contributed by atoms with E-state index in [-0.39, 0.29) is 54.0 Å². The number of imide groups is 1. The van der Waals surface area contributed by atoms with E-state index in [0.717, 1.165) is 73.7 Å². The minimum Gasteiger partial charge on any atom is -0.478 e. The molecule has 9 rings (SSSR count). The highest BCUT2D eigenvalue weighted by molar-refractivity contribution is 6.33. The first-order chi connectivity index (χ1) is 29.9. The van der Waals surface area contributed by atoms with E-state index in [0.29, 0.717) is 46.7 Å². The van der Waals surface area contributed by atoms with E-state index in [1.165, 1.54) is 32.7 Å². The Labute approximate surface area is 364 Å². The molecule has 3 N–H and O–H groups in total. The summed E-state index contributed by atoms with van der Waals surface area (Å²) >= 11 is 6.62. The number of likely N-dealkylation sites (N-methyl/N-ethyl adjacent to an activating group) is 1. The first-order valence-corrected chi connectivity index (χ1v) is 22.1. The average molecular weight is 865 g/mol. The normalized spacial score (nSPS) is 20.4. The van der Waals surface area contributed by atoms with Gasteiger partial charge in [-0.1, -0.05) is 17.7 Å². The predicted molar refractivity (Wildman–Crippen MR) is 236 cm³/mol. The summed E-state index contributed by atoms with van der Waals surface area (Å²) in [5.74, 6) is 0.733. The van der Waals surface area contributed by atoms with Gasteiger partial charge in [0.05, 0.1) is 11.7 Å². The number of benzene rings is 2. The number of carbonyl (C=O) groups is 4. The molecule has 1 spiro atoms. The minimum atomic E-state index is -0.610. The lowest BCUT2D eigenvalue weighted by molar-refractivity contribution is -0.137. The Hall–Kier alpha value is -5.74. The topological polar surface area (TPSA) is 174 Å². The number of nitrogens with zero attached hydrogens (tertiary/aromatic N) is 7. The molecule has 1 atom stereocenters. The molecule has 1 saturated carbocycles. The Morgan fingerprint density at radius 2 is 1.77 bits per heavy atom. The summed E-state index contributed by atoms with van der Waals surface area (Å²) < 4.78 is 7.28. The number of anilines is 4. The quantitative estimate of drug-likeness (QED) is 0.181. The Morgan fingerprint density at radius 1 is 1.00 bits per heavy atom. The zero-order valence-corrected chi connectivity index (χ0v) is 36.2. The third kappa shape index (κ3) is 8.05. The zero-order valence-electron chi connectivity index (χ0n) is 35.4. The van der Waals surface area contributed by atoms with Gasteiger partial charge in [-0.2, -0.15) is 4.98 Å². The predicted octanol–water partition coefficient (Wildman–Crippen LogP) is 4.47. The minimum absolute atomic E-state index is 0.0985. The molecule has 0 bridgehead atoms. The second-order valence-electron chi connectivity index (χ2n) is 17.8. The van der Waals surface area contributed by atoms with Crippen LogP contribution < -0.4 is 36.0 Å². The highest BCUT2D eigenvalue weighted by Gasteiger charge is 2.47. The van der Waals surface area contributed by atoms with E-state index in [2.05, 4.69) is 41.7 Å². The molecule has 3 saturated heterocycles. The fraction of sp³-hybridized carbons (Fsp3) is 0.489. The van der Waals surface area contributed by atoms with Crippen LogP contribution in [0.15, 0.2) is 53.5 Å². The number of nitrogens with one attached hydrogen (secondary N) is 3. The van der Waals surface area contributed by atoms with Crippen molar-refractivity contribution in [3.05, 3.63) is 75.2 Å². The number of carbonyl (C=O) groups excluding carboxylic acids is 4.